The maximum absolute atomic E-state index is 13.2. The Balaban J connectivity index is 1.76. The quantitative estimate of drug-likeness (QED) is 0.630. The molecule has 2 heterocycles. The van der Waals surface area contributed by atoms with E-state index in [-0.39, 0.29) is 17.2 Å². The Bertz CT molecular complexity index is 900. The number of nitrogens with zero attached hydrogens (tertiary/aromatic N) is 1. The minimum atomic E-state index is -1.13. The van der Waals surface area contributed by atoms with Crippen LogP contribution < -0.4 is 10.6 Å². The van der Waals surface area contributed by atoms with Gasteiger partial charge < -0.3 is 20.6 Å². The van der Waals surface area contributed by atoms with Crippen molar-refractivity contribution in [3.63, 3.8) is 0 Å². The van der Waals surface area contributed by atoms with Crippen molar-refractivity contribution in [3.8, 4) is 0 Å². The lowest BCUT2D eigenvalue weighted by Crippen LogP contribution is -2.57. The number of thioether (sulfide) groups is 1. The topological polar surface area (TPSA) is 116 Å². The Morgan fingerprint density at radius 1 is 1.13 bits per heavy atom. The van der Waals surface area contributed by atoms with Crippen LogP contribution in [-0.2, 0) is 14.4 Å². The summed E-state index contributed by atoms with van der Waals surface area (Å²) in [5.74, 6) is -2.65. The van der Waals surface area contributed by atoms with Crippen molar-refractivity contribution in [1.29, 1.82) is 0 Å². The average molecular weight is 434 g/mol. The number of hydrogen-bond acceptors (Lipinski definition) is 5. The monoisotopic (exact) mass is 433 g/mol. The first kappa shape index (κ1) is 22.1. The normalized spacial score (nSPS) is 23.5. The van der Waals surface area contributed by atoms with Crippen LogP contribution in [0.1, 0.15) is 55.9 Å². The van der Waals surface area contributed by atoms with Crippen LogP contribution in [0.25, 0.3) is 0 Å². The van der Waals surface area contributed by atoms with E-state index < -0.39 is 40.7 Å². The van der Waals surface area contributed by atoms with Crippen LogP contribution in [0, 0.1) is 5.92 Å². The summed E-state index contributed by atoms with van der Waals surface area (Å²) in [5.41, 5.74) is 1.48. The number of carbonyl (C=O) groups is 4. The second-order valence-corrected chi connectivity index (χ2v) is 10.3. The molecule has 3 N–H and O–H groups in total. The van der Waals surface area contributed by atoms with E-state index in [2.05, 4.69) is 10.6 Å². The van der Waals surface area contributed by atoms with Gasteiger partial charge in [0.15, 0.2) is 0 Å². The molecule has 1 aromatic rings. The number of amides is 3. The van der Waals surface area contributed by atoms with E-state index in [1.165, 1.54) is 6.92 Å². The molecule has 162 valence electrons. The number of carboxylic acid groups (broad SMARTS) is 1. The van der Waals surface area contributed by atoms with Crippen molar-refractivity contribution in [2.75, 3.05) is 0 Å². The summed E-state index contributed by atoms with van der Waals surface area (Å²) in [6.07, 6.45) is 0. The summed E-state index contributed by atoms with van der Waals surface area (Å²) in [6.45, 7) is 8.69. The lowest BCUT2D eigenvalue weighted by molar-refractivity contribution is -0.143. The van der Waals surface area contributed by atoms with Crippen molar-refractivity contribution >= 4 is 35.5 Å². The maximum Gasteiger partial charge on any atom is 0.326 e. The Hall–Kier alpha value is -2.55. The zero-order valence-electron chi connectivity index (χ0n) is 17.6. The van der Waals surface area contributed by atoms with E-state index in [0.717, 1.165) is 5.56 Å². The van der Waals surface area contributed by atoms with Crippen LogP contribution in [0.15, 0.2) is 24.3 Å². The number of fused-ring (bicyclic) bond motifs is 3. The summed E-state index contributed by atoms with van der Waals surface area (Å²) in [5, 5.41) is 14.1. The molecule has 0 bridgehead atoms. The zero-order valence-corrected chi connectivity index (χ0v) is 18.4. The van der Waals surface area contributed by atoms with Crippen LogP contribution in [0.5, 0.6) is 0 Å². The molecule has 3 rings (SSSR count). The molecule has 9 heteroatoms. The number of benzene rings is 1. The fraction of sp³-hybridized carbons (Fsp3) is 0.524. The van der Waals surface area contributed by atoms with E-state index in [4.69, 9.17) is 0 Å². The fourth-order valence-corrected chi connectivity index (χ4v) is 5.54. The van der Waals surface area contributed by atoms with Gasteiger partial charge in [0.05, 0.1) is 0 Å². The van der Waals surface area contributed by atoms with Crippen molar-refractivity contribution < 1.29 is 24.3 Å². The third kappa shape index (κ3) is 3.78. The van der Waals surface area contributed by atoms with Crippen LogP contribution in [0.3, 0.4) is 0 Å². The molecule has 8 nitrogen and oxygen atoms in total. The molecule has 0 radical (unpaired) electrons. The highest BCUT2D eigenvalue weighted by Crippen LogP contribution is 2.56. The molecule has 0 spiro atoms. The third-order valence-electron chi connectivity index (χ3n) is 5.53. The van der Waals surface area contributed by atoms with Gasteiger partial charge in [-0.15, -0.1) is 11.8 Å². The number of rotatable bonds is 6. The third-order valence-corrected chi connectivity index (χ3v) is 7.06. The lowest BCUT2D eigenvalue weighted by Gasteiger charge is -2.30. The van der Waals surface area contributed by atoms with Crippen LogP contribution in [0.4, 0.5) is 0 Å². The van der Waals surface area contributed by atoms with Crippen LogP contribution in [-0.4, -0.2) is 56.6 Å². The molecule has 0 aliphatic carbocycles. The molecule has 4 atom stereocenters. The number of carbonyl (C=O) groups excluding carboxylic acids is 3. The summed E-state index contributed by atoms with van der Waals surface area (Å²) in [7, 11) is 0. The lowest BCUT2D eigenvalue weighted by atomic mass is 10.00. The Morgan fingerprint density at radius 3 is 2.37 bits per heavy atom. The first-order valence-corrected chi connectivity index (χ1v) is 10.8. The Labute approximate surface area is 179 Å². The van der Waals surface area contributed by atoms with Gasteiger partial charge in [0.25, 0.3) is 5.91 Å². The Kier molecular flexibility index (Phi) is 5.86. The predicted molar refractivity (Wildman–Crippen MR) is 113 cm³/mol. The minimum Gasteiger partial charge on any atom is -0.480 e. The fourth-order valence-electron chi connectivity index (χ4n) is 3.95. The van der Waals surface area contributed by atoms with Gasteiger partial charge >= 0.3 is 5.97 Å². The van der Waals surface area contributed by atoms with E-state index in [1.54, 1.807) is 42.6 Å². The summed E-state index contributed by atoms with van der Waals surface area (Å²) >= 11 is 1.54. The highest BCUT2D eigenvalue weighted by Gasteiger charge is 2.57. The molecule has 30 heavy (non-hydrogen) atoms. The van der Waals surface area contributed by atoms with Crippen LogP contribution in [0.2, 0.25) is 0 Å². The maximum atomic E-state index is 13.2. The van der Waals surface area contributed by atoms with Crippen LogP contribution >= 0.6 is 11.8 Å². The zero-order chi connectivity index (χ0) is 22.4. The van der Waals surface area contributed by atoms with E-state index in [1.807, 2.05) is 26.0 Å². The van der Waals surface area contributed by atoms with Gasteiger partial charge in [-0.2, -0.15) is 0 Å². The smallest absolute Gasteiger partial charge is 0.326 e. The highest BCUT2D eigenvalue weighted by molar-refractivity contribution is 8.01. The first-order chi connectivity index (χ1) is 14.0. The number of aliphatic carboxylic acids is 1. The van der Waals surface area contributed by atoms with Crippen molar-refractivity contribution in [2.45, 2.75) is 62.9 Å². The SMILES string of the molecule is CC(C)[C@H](NC(=O)[C@H](C)NC(=O)[C@H]1N2C(=O)c3ccccc3[C@H]2SC1(C)C)C(=O)O. The van der Waals surface area contributed by atoms with Crippen molar-refractivity contribution in [3.05, 3.63) is 35.4 Å². The van der Waals surface area contributed by atoms with Gasteiger partial charge in [-0.05, 0) is 38.3 Å². The minimum absolute atomic E-state index is 0.198. The van der Waals surface area contributed by atoms with Gasteiger partial charge in [-0.25, -0.2) is 4.79 Å². The predicted octanol–water partition coefficient (Wildman–Crippen LogP) is 1.77. The molecular weight excluding hydrogens is 406 g/mol. The molecular formula is C21H27N3O5S. The summed E-state index contributed by atoms with van der Waals surface area (Å²) < 4.78 is -0.560. The number of hydrogen-bond donors (Lipinski definition) is 3. The molecule has 3 amide bonds. The molecule has 0 saturated carbocycles. The standard InChI is InChI=1S/C21H27N3O5S/c1-10(2)14(20(28)29)23-16(25)11(3)22-17(26)15-21(4,5)30-19-13-9-7-6-8-12(13)18(27)24(15)19/h6-11,14-15,19H,1-5H3,(H,22,26)(H,23,25)(H,28,29)/t11-,14-,15+,19+/m0/s1. The van der Waals surface area contributed by atoms with E-state index in [9.17, 15) is 24.3 Å². The van der Waals surface area contributed by atoms with Crippen molar-refractivity contribution in [1.82, 2.24) is 15.5 Å². The van der Waals surface area contributed by atoms with Gasteiger partial charge in [0, 0.05) is 10.3 Å². The molecule has 1 saturated heterocycles. The largest absolute Gasteiger partial charge is 0.480 e. The molecule has 1 fully saturated rings. The van der Waals surface area contributed by atoms with Gasteiger partial charge in [-0.1, -0.05) is 32.0 Å². The molecule has 2 aliphatic heterocycles. The molecule has 0 unspecified atom stereocenters. The van der Waals surface area contributed by atoms with Crippen molar-refractivity contribution in [2.24, 2.45) is 5.92 Å². The average Bonchev–Trinajstić information content (AvgIpc) is 3.08. The summed E-state index contributed by atoms with van der Waals surface area (Å²) in [4.78, 5) is 51.5. The van der Waals surface area contributed by atoms with Gasteiger partial charge in [-0.3, -0.25) is 14.4 Å². The molecule has 1 aromatic carbocycles. The first-order valence-electron chi connectivity index (χ1n) is 9.88. The van der Waals surface area contributed by atoms with E-state index in [0.29, 0.717) is 5.56 Å². The molecule has 2 aliphatic rings. The van der Waals surface area contributed by atoms with E-state index >= 15 is 0 Å². The molecule has 0 aromatic heterocycles. The number of nitrogens with one attached hydrogen (secondary N) is 2. The highest BCUT2D eigenvalue weighted by atomic mass is 32.2. The Morgan fingerprint density at radius 2 is 1.77 bits per heavy atom. The summed E-state index contributed by atoms with van der Waals surface area (Å²) in [6, 6.07) is 4.57. The number of carboxylic acids is 1. The van der Waals surface area contributed by atoms with Gasteiger partial charge in [0.2, 0.25) is 11.8 Å². The van der Waals surface area contributed by atoms with Gasteiger partial charge in [0.1, 0.15) is 23.5 Å². The second-order valence-electron chi connectivity index (χ2n) is 8.57. The second kappa shape index (κ2) is 7.94.